The number of amides is 1. The third kappa shape index (κ3) is 4.47. The molecule has 0 aliphatic heterocycles. The number of ether oxygens (including phenoxy) is 1. The van der Waals surface area contributed by atoms with Crippen LogP contribution in [0.15, 0.2) is 41.3 Å². The number of carboxylic acid groups (broad SMARTS) is 1. The predicted octanol–water partition coefficient (Wildman–Crippen LogP) is 5.99. The van der Waals surface area contributed by atoms with Crippen molar-refractivity contribution in [2.45, 2.75) is 11.8 Å². The van der Waals surface area contributed by atoms with E-state index in [4.69, 9.17) is 33.0 Å². The first-order valence-corrected chi connectivity index (χ1v) is 8.13. The van der Waals surface area contributed by atoms with Crippen molar-refractivity contribution in [3.05, 3.63) is 46.4 Å². The molecule has 0 saturated carbocycles. The minimum Gasteiger partial charge on any atom is -0.465 e. The van der Waals surface area contributed by atoms with Crippen molar-refractivity contribution in [1.82, 2.24) is 0 Å². The lowest BCUT2D eigenvalue weighted by Crippen LogP contribution is -2.07. The van der Waals surface area contributed by atoms with Gasteiger partial charge in [0.15, 0.2) is 0 Å². The molecular formula is C15H13Cl2NO3S. The highest BCUT2D eigenvalue weighted by atomic mass is 35.5. The van der Waals surface area contributed by atoms with E-state index in [9.17, 15) is 4.79 Å². The number of hydrogen-bond acceptors (Lipinski definition) is 3. The molecular weight excluding hydrogens is 345 g/mol. The van der Waals surface area contributed by atoms with Crippen LogP contribution in [0.4, 0.5) is 10.5 Å². The average molecular weight is 358 g/mol. The van der Waals surface area contributed by atoms with Crippen LogP contribution in [0.2, 0.25) is 10.0 Å². The minimum absolute atomic E-state index is 0.410. The van der Waals surface area contributed by atoms with E-state index >= 15 is 0 Å². The van der Waals surface area contributed by atoms with Gasteiger partial charge >= 0.3 is 6.09 Å². The van der Waals surface area contributed by atoms with Crippen LogP contribution in [0.5, 0.6) is 11.5 Å². The Bertz CT molecular complexity index is 694. The summed E-state index contributed by atoms with van der Waals surface area (Å²) in [6, 6.07) is 10.1. The largest absolute Gasteiger partial charge is 0.465 e. The van der Waals surface area contributed by atoms with Gasteiger partial charge in [-0.1, -0.05) is 30.1 Å². The van der Waals surface area contributed by atoms with Gasteiger partial charge in [-0.2, -0.15) is 0 Å². The summed E-state index contributed by atoms with van der Waals surface area (Å²) in [6.45, 7) is 2.00. The molecule has 0 aliphatic carbocycles. The van der Waals surface area contributed by atoms with E-state index in [0.717, 1.165) is 10.6 Å². The molecule has 0 heterocycles. The minimum atomic E-state index is -1.11. The molecule has 0 aliphatic rings. The van der Waals surface area contributed by atoms with Gasteiger partial charge < -0.3 is 9.84 Å². The molecule has 0 atom stereocenters. The van der Waals surface area contributed by atoms with Crippen molar-refractivity contribution in [3.63, 3.8) is 0 Å². The van der Waals surface area contributed by atoms with Crippen LogP contribution >= 0.6 is 35.0 Å². The maximum atomic E-state index is 10.7. The Balaban J connectivity index is 2.28. The standard InChI is InChI=1S/C15H13Cl2NO3S/c1-2-22-14-7-9(18-15(19)20)3-6-13(14)21-10-4-5-11(16)12(17)8-10/h3-8,18H,2H2,1H3,(H,19,20). The van der Waals surface area contributed by atoms with Crippen molar-refractivity contribution in [2.75, 3.05) is 11.1 Å². The molecule has 2 N–H and O–H groups in total. The second-order valence-corrected chi connectivity index (χ2v) is 6.32. The number of benzene rings is 2. The lowest BCUT2D eigenvalue weighted by molar-refractivity contribution is 0.209. The molecule has 1 amide bonds. The summed E-state index contributed by atoms with van der Waals surface area (Å²) in [5.41, 5.74) is 0.491. The zero-order valence-corrected chi connectivity index (χ0v) is 13.9. The fourth-order valence-electron chi connectivity index (χ4n) is 1.73. The molecule has 4 nitrogen and oxygen atoms in total. The summed E-state index contributed by atoms with van der Waals surface area (Å²) in [5, 5.41) is 12.0. The lowest BCUT2D eigenvalue weighted by atomic mass is 10.3. The topological polar surface area (TPSA) is 58.6 Å². The number of carbonyl (C=O) groups is 1. The molecule has 116 valence electrons. The summed E-state index contributed by atoms with van der Waals surface area (Å²) < 4.78 is 5.82. The van der Waals surface area contributed by atoms with E-state index < -0.39 is 6.09 Å². The fourth-order valence-corrected chi connectivity index (χ4v) is 2.79. The zero-order chi connectivity index (χ0) is 16.1. The second-order valence-electron chi connectivity index (χ2n) is 4.20. The number of hydrogen-bond donors (Lipinski definition) is 2. The summed E-state index contributed by atoms with van der Waals surface area (Å²) >= 11 is 13.4. The zero-order valence-electron chi connectivity index (χ0n) is 11.6. The second kappa shape index (κ2) is 7.63. The summed E-state index contributed by atoms with van der Waals surface area (Å²) in [5.74, 6) is 2.02. The van der Waals surface area contributed by atoms with Gasteiger partial charge in [0.1, 0.15) is 11.5 Å². The number of thioether (sulfide) groups is 1. The highest BCUT2D eigenvalue weighted by Gasteiger charge is 2.09. The Hall–Kier alpha value is -1.56. The van der Waals surface area contributed by atoms with Crippen molar-refractivity contribution in [3.8, 4) is 11.5 Å². The first-order chi connectivity index (χ1) is 10.5. The van der Waals surface area contributed by atoms with Gasteiger partial charge in [-0.3, -0.25) is 5.32 Å². The van der Waals surface area contributed by atoms with Gasteiger partial charge in [0, 0.05) is 11.8 Å². The highest BCUT2D eigenvalue weighted by molar-refractivity contribution is 7.99. The van der Waals surface area contributed by atoms with E-state index in [2.05, 4.69) is 5.32 Å². The van der Waals surface area contributed by atoms with E-state index in [1.807, 2.05) is 6.92 Å². The summed E-state index contributed by atoms with van der Waals surface area (Å²) in [7, 11) is 0. The quantitative estimate of drug-likeness (QED) is 0.645. The molecule has 2 aromatic rings. The van der Waals surface area contributed by atoms with E-state index in [-0.39, 0.29) is 0 Å². The summed E-state index contributed by atoms with van der Waals surface area (Å²) in [4.78, 5) is 11.5. The SMILES string of the molecule is CCSc1cc(NC(=O)O)ccc1Oc1ccc(Cl)c(Cl)c1. The van der Waals surface area contributed by atoms with Gasteiger partial charge in [0.2, 0.25) is 0 Å². The van der Waals surface area contributed by atoms with Gasteiger partial charge in [-0.25, -0.2) is 4.79 Å². The van der Waals surface area contributed by atoms with Crippen LogP contribution in [0.25, 0.3) is 0 Å². The monoisotopic (exact) mass is 357 g/mol. The van der Waals surface area contributed by atoms with Crippen molar-refractivity contribution >= 4 is 46.7 Å². The van der Waals surface area contributed by atoms with E-state index in [0.29, 0.717) is 27.2 Å². The first kappa shape index (κ1) is 16.8. The Labute approximate surface area is 142 Å². The molecule has 0 spiro atoms. The van der Waals surface area contributed by atoms with Gasteiger partial charge in [0.05, 0.1) is 14.9 Å². The molecule has 0 fully saturated rings. The van der Waals surface area contributed by atoms with Gasteiger partial charge in [-0.15, -0.1) is 11.8 Å². The fraction of sp³-hybridized carbons (Fsp3) is 0.133. The normalized spacial score (nSPS) is 10.3. The number of halogens is 2. The van der Waals surface area contributed by atoms with Crippen LogP contribution in [-0.4, -0.2) is 17.0 Å². The molecule has 2 rings (SSSR count). The van der Waals surface area contributed by atoms with Crippen LogP contribution in [0.3, 0.4) is 0 Å². The Morgan fingerprint density at radius 3 is 2.64 bits per heavy atom. The maximum absolute atomic E-state index is 10.7. The van der Waals surface area contributed by atoms with Crippen molar-refractivity contribution < 1.29 is 14.6 Å². The maximum Gasteiger partial charge on any atom is 0.409 e. The highest BCUT2D eigenvalue weighted by Crippen LogP contribution is 2.36. The smallest absolute Gasteiger partial charge is 0.409 e. The van der Waals surface area contributed by atoms with Crippen LogP contribution in [0.1, 0.15) is 6.92 Å². The van der Waals surface area contributed by atoms with Crippen LogP contribution in [-0.2, 0) is 0 Å². The molecule has 0 bridgehead atoms. The molecule has 22 heavy (non-hydrogen) atoms. The van der Waals surface area contributed by atoms with Crippen molar-refractivity contribution in [2.24, 2.45) is 0 Å². The Morgan fingerprint density at radius 2 is 2.00 bits per heavy atom. The lowest BCUT2D eigenvalue weighted by Gasteiger charge is -2.12. The number of nitrogens with one attached hydrogen (secondary N) is 1. The average Bonchev–Trinajstić information content (AvgIpc) is 2.45. The van der Waals surface area contributed by atoms with Crippen LogP contribution in [0, 0.1) is 0 Å². The van der Waals surface area contributed by atoms with E-state index in [1.54, 1.807) is 48.2 Å². The van der Waals surface area contributed by atoms with Gasteiger partial charge in [-0.05, 0) is 36.1 Å². The van der Waals surface area contributed by atoms with Crippen LogP contribution < -0.4 is 10.1 Å². The first-order valence-electron chi connectivity index (χ1n) is 6.39. The third-order valence-corrected chi connectivity index (χ3v) is 4.27. The summed E-state index contributed by atoms with van der Waals surface area (Å²) in [6.07, 6.45) is -1.11. The molecule has 0 unspecified atom stereocenters. The molecule has 0 aromatic heterocycles. The number of anilines is 1. The molecule has 7 heteroatoms. The van der Waals surface area contributed by atoms with E-state index in [1.165, 1.54) is 0 Å². The Morgan fingerprint density at radius 1 is 1.23 bits per heavy atom. The molecule has 0 radical (unpaired) electrons. The Kier molecular flexibility index (Phi) is 5.83. The third-order valence-electron chi connectivity index (χ3n) is 2.61. The van der Waals surface area contributed by atoms with Gasteiger partial charge in [0.25, 0.3) is 0 Å². The predicted molar refractivity (Wildman–Crippen MR) is 91.0 cm³/mol. The molecule has 2 aromatic carbocycles. The number of rotatable bonds is 5. The molecule has 0 saturated heterocycles. The van der Waals surface area contributed by atoms with Crippen molar-refractivity contribution in [1.29, 1.82) is 0 Å².